The molecule has 2 rings (SSSR count). The van der Waals surface area contributed by atoms with Gasteiger partial charge in [-0.25, -0.2) is 17.9 Å². The van der Waals surface area contributed by atoms with Crippen molar-refractivity contribution in [1.82, 2.24) is 4.72 Å². The van der Waals surface area contributed by atoms with Crippen LogP contribution in [-0.2, 0) is 10.0 Å². The van der Waals surface area contributed by atoms with Crippen LogP contribution in [0.3, 0.4) is 0 Å². The van der Waals surface area contributed by atoms with Crippen LogP contribution in [0.1, 0.15) is 11.1 Å². The van der Waals surface area contributed by atoms with Crippen LogP contribution in [-0.4, -0.2) is 14.5 Å². The first-order chi connectivity index (χ1) is 10.4. The van der Waals surface area contributed by atoms with Gasteiger partial charge in [0.05, 0.1) is 5.56 Å². The highest BCUT2D eigenvalue weighted by Crippen LogP contribution is 2.18. The fraction of sp³-hybridized carbons (Fsp3) is 0.0667. The fourth-order valence-electron chi connectivity index (χ4n) is 1.79. The molecule has 0 aliphatic heterocycles. The van der Waals surface area contributed by atoms with Crippen LogP contribution in [0.25, 0.3) is 0 Å². The highest BCUT2D eigenvalue weighted by Gasteiger charge is 2.23. The summed E-state index contributed by atoms with van der Waals surface area (Å²) in [5.74, 6) is 0.208. The molecule has 2 aromatic rings. The first-order valence-electron chi connectivity index (χ1n) is 6.23. The zero-order valence-corrected chi connectivity index (χ0v) is 12.4. The van der Waals surface area contributed by atoms with Crippen LogP contribution in [0.15, 0.2) is 53.4 Å². The predicted octanol–water partition coefficient (Wildman–Crippen LogP) is 2.34. The summed E-state index contributed by atoms with van der Waals surface area (Å²) in [4.78, 5) is 11.4. The summed E-state index contributed by atoms with van der Waals surface area (Å²) in [6.45, 7) is 1.61. The number of carbonyl (C=O) groups is 1. The Labute approximate surface area is 128 Å². The largest absolute Gasteiger partial charge is 0.426 e. The molecule has 0 aliphatic carbocycles. The Morgan fingerprint density at radius 1 is 1.14 bits per heavy atom. The number of hydrogen-bond donors (Lipinski definition) is 1. The van der Waals surface area contributed by atoms with Crippen LogP contribution in [0, 0.1) is 18.3 Å². The normalized spacial score (nSPS) is 10.5. The number of benzene rings is 2. The number of rotatable bonds is 3. The molecule has 0 radical (unpaired) electrons. The quantitative estimate of drug-likeness (QED) is 0.937. The summed E-state index contributed by atoms with van der Waals surface area (Å²) >= 11 is 0. The number of nitrogens with one attached hydrogen (secondary N) is 1. The topological polar surface area (TPSA) is 96.3 Å². The van der Waals surface area contributed by atoms with Crippen LogP contribution >= 0.6 is 0 Å². The molecular weight excluding hydrogens is 304 g/mol. The summed E-state index contributed by atoms with van der Waals surface area (Å²) in [5.41, 5.74) is 0.490. The van der Waals surface area contributed by atoms with Gasteiger partial charge in [0.1, 0.15) is 16.7 Å². The van der Waals surface area contributed by atoms with Gasteiger partial charge in [0.15, 0.2) is 0 Å². The van der Waals surface area contributed by atoms with Crippen LogP contribution in [0.2, 0.25) is 0 Å². The van der Waals surface area contributed by atoms with E-state index < -0.39 is 16.1 Å². The van der Waals surface area contributed by atoms with Crippen molar-refractivity contribution in [1.29, 1.82) is 5.26 Å². The SMILES string of the molecule is Cc1cccc(S(=O)(=O)NC(=O)Oc2ccccc2)c1C#N. The number of nitrogens with zero attached hydrogens (tertiary/aromatic N) is 1. The van der Waals surface area contributed by atoms with Crippen molar-refractivity contribution < 1.29 is 17.9 Å². The molecule has 7 heteroatoms. The molecule has 0 saturated carbocycles. The molecule has 112 valence electrons. The summed E-state index contributed by atoms with van der Waals surface area (Å²) in [7, 11) is -4.19. The third-order valence-electron chi connectivity index (χ3n) is 2.81. The zero-order valence-electron chi connectivity index (χ0n) is 11.6. The van der Waals surface area contributed by atoms with Crippen molar-refractivity contribution in [2.24, 2.45) is 0 Å². The monoisotopic (exact) mass is 316 g/mol. The maximum Gasteiger partial charge on any atom is 0.426 e. The molecule has 0 bridgehead atoms. The Morgan fingerprint density at radius 3 is 2.45 bits per heavy atom. The molecule has 0 unspecified atom stereocenters. The van der Waals surface area contributed by atoms with Gasteiger partial charge in [0, 0.05) is 0 Å². The van der Waals surface area contributed by atoms with Crippen molar-refractivity contribution in [2.45, 2.75) is 11.8 Å². The van der Waals surface area contributed by atoms with E-state index in [0.717, 1.165) is 0 Å². The van der Waals surface area contributed by atoms with E-state index in [9.17, 15) is 13.2 Å². The molecule has 0 fully saturated rings. The Morgan fingerprint density at radius 2 is 1.82 bits per heavy atom. The minimum Gasteiger partial charge on any atom is -0.410 e. The van der Waals surface area contributed by atoms with Gasteiger partial charge >= 0.3 is 6.09 Å². The second kappa shape index (κ2) is 6.28. The maximum atomic E-state index is 12.2. The smallest absolute Gasteiger partial charge is 0.410 e. The van der Waals surface area contributed by atoms with Crippen molar-refractivity contribution in [3.05, 3.63) is 59.7 Å². The standard InChI is InChI=1S/C15H12N2O4S/c1-11-6-5-9-14(13(11)10-16)22(19,20)17-15(18)21-12-7-3-2-4-8-12/h2-9H,1H3,(H,17,18). The van der Waals surface area contributed by atoms with Crippen LogP contribution in [0.5, 0.6) is 5.75 Å². The highest BCUT2D eigenvalue weighted by molar-refractivity contribution is 7.90. The van der Waals surface area contributed by atoms with E-state index in [1.165, 1.54) is 24.3 Å². The average molecular weight is 316 g/mol. The average Bonchev–Trinajstić information content (AvgIpc) is 2.47. The summed E-state index contributed by atoms with van der Waals surface area (Å²) in [6, 6.07) is 14.2. The first kappa shape index (κ1) is 15.5. The second-order valence-corrected chi connectivity index (χ2v) is 6.02. The number of amides is 1. The first-order valence-corrected chi connectivity index (χ1v) is 7.72. The van der Waals surface area contributed by atoms with Crippen LogP contribution < -0.4 is 9.46 Å². The number of ether oxygens (including phenoxy) is 1. The molecule has 0 heterocycles. The van der Waals surface area contributed by atoms with Gasteiger partial charge in [0.2, 0.25) is 0 Å². The van der Waals surface area contributed by atoms with Gasteiger partial charge in [-0.05, 0) is 30.7 Å². The lowest BCUT2D eigenvalue weighted by atomic mass is 10.1. The second-order valence-electron chi connectivity index (χ2n) is 4.37. The van der Waals surface area contributed by atoms with Crippen molar-refractivity contribution in [2.75, 3.05) is 0 Å². The Kier molecular flexibility index (Phi) is 4.44. The number of sulfonamides is 1. The van der Waals surface area contributed by atoms with E-state index in [4.69, 9.17) is 10.00 Å². The van der Waals surface area contributed by atoms with Gasteiger partial charge in [-0.15, -0.1) is 0 Å². The number of para-hydroxylation sites is 1. The zero-order chi connectivity index (χ0) is 16.2. The van der Waals surface area contributed by atoms with Gasteiger partial charge in [-0.1, -0.05) is 30.3 Å². The van der Waals surface area contributed by atoms with E-state index in [-0.39, 0.29) is 16.2 Å². The minimum atomic E-state index is -4.19. The van der Waals surface area contributed by atoms with E-state index in [0.29, 0.717) is 5.56 Å². The Balaban J connectivity index is 2.24. The molecular formula is C15H12N2O4S. The molecule has 2 aromatic carbocycles. The summed E-state index contributed by atoms with van der Waals surface area (Å²) in [6.07, 6.45) is -1.14. The Hall–Kier alpha value is -2.85. The molecule has 0 aromatic heterocycles. The molecule has 1 amide bonds. The van der Waals surface area contributed by atoms with E-state index in [2.05, 4.69) is 0 Å². The Bertz CT molecular complexity index is 840. The molecule has 1 N–H and O–H groups in total. The van der Waals surface area contributed by atoms with Crippen molar-refractivity contribution in [3.8, 4) is 11.8 Å². The lowest BCUT2D eigenvalue weighted by molar-refractivity contribution is 0.207. The number of hydrogen-bond acceptors (Lipinski definition) is 5. The lowest BCUT2D eigenvalue weighted by Crippen LogP contribution is -2.33. The number of nitriles is 1. The van der Waals surface area contributed by atoms with Gasteiger partial charge < -0.3 is 4.74 Å². The third kappa shape index (κ3) is 3.42. The lowest BCUT2D eigenvalue weighted by Gasteiger charge is -2.09. The van der Waals surface area contributed by atoms with Crippen molar-refractivity contribution >= 4 is 16.1 Å². The molecule has 22 heavy (non-hydrogen) atoms. The van der Waals surface area contributed by atoms with Gasteiger partial charge in [0.25, 0.3) is 10.0 Å². The number of carbonyl (C=O) groups excluding carboxylic acids is 1. The molecule has 6 nitrogen and oxygen atoms in total. The third-order valence-corrected chi connectivity index (χ3v) is 4.16. The fourth-order valence-corrected chi connectivity index (χ4v) is 2.89. The molecule has 0 saturated heterocycles. The van der Waals surface area contributed by atoms with E-state index >= 15 is 0 Å². The van der Waals surface area contributed by atoms with Crippen molar-refractivity contribution in [3.63, 3.8) is 0 Å². The number of aryl methyl sites for hydroxylation is 1. The summed E-state index contributed by atoms with van der Waals surface area (Å²) in [5, 5.41) is 9.07. The van der Waals surface area contributed by atoms with Crippen LogP contribution in [0.4, 0.5) is 4.79 Å². The predicted molar refractivity (Wildman–Crippen MR) is 78.7 cm³/mol. The van der Waals surface area contributed by atoms with Gasteiger partial charge in [-0.2, -0.15) is 5.26 Å². The molecule has 0 atom stereocenters. The van der Waals surface area contributed by atoms with E-state index in [1.54, 1.807) is 35.9 Å². The minimum absolute atomic E-state index is 0.0116. The summed E-state index contributed by atoms with van der Waals surface area (Å²) < 4.78 is 31.0. The van der Waals surface area contributed by atoms with E-state index in [1.807, 2.05) is 6.07 Å². The highest BCUT2D eigenvalue weighted by atomic mass is 32.2. The molecule has 0 spiro atoms. The molecule has 0 aliphatic rings. The van der Waals surface area contributed by atoms with Gasteiger partial charge in [-0.3, -0.25) is 0 Å². The maximum absolute atomic E-state index is 12.2.